The zero-order valence-corrected chi connectivity index (χ0v) is 16.1. The number of ether oxygens (including phenoxy) is 1. The van der Waals surface area contributed by atoms with E-state index < -0.39 is 0 Å². The summed E-state index contributed by atoms with van der Waals surface area (Å²) in [6.45, 7) is 5.90. The number of halogens is 2. The number of rotatable bonds is 6. The molecule has 0 amide bonds. The van der Waals surface area contributed by atoms with Gasteiger partial charge in [0, 0.05) is 31.2 Å². The van der Waals surface area contributed by atoms with Crippen molar-refractivity contribution < 1.29 is 4.74 Å². The summed E-state index contributed by atoms with van der Waals surface area (Å²) in [5.41, 5.74) is 1.34. The van der Waals surface area contributed by atoms with E-state index in [0.717, 1.165) is 12.2 Å². The first kappa shape index (κ1) is 18.5. The van der Waals surface area contributed by atoms with Crippen LogP contribution >= 0.6 is 23.2 Å². The summed E-state index contributed by atoms with van der Waals surface area (Å²) in [7, 11) is 2.19. The average molecular weight is 379 g/mol. The molecular weight excluding hydrogens is 355 g/mol. The lowest BCUT2D eigenvalue weighted by Gasteiger charge is -2.32. The van der Waals surface area contributed by atoms with Gasteiger partial charge in [0.1, 0.15) is 11.5 Å². The second-order valence-corrected chi connectivity index (χ2v) is 7.41. The zero-order chi connectivity index (χ0) is 17.6. The van der Waals surface area contributed by atoms with Crippen LogP contribution in [-0.4, -0.2) is 49.6 Å². The van der Waals surface area contributed by atoms with Crippen LogP contribution in [0.1, 0.15) is 12.0 Å². The van der Waals surface area contributed by atoms with Gasteiger partial charge in [-0.2, -0.15) is 0 Å². The van der Waals surface area contributed by atoms with E-state index >= 15 is 0 Å². The fourth-order valence-electron chi connectivity index (χ4n) is 2.99. The number of piperazine rings is 1. The quantitative estimate of drug-likeness (QED) is 0.705. The largest absolute Gasteiger partial charge is 0.456 e. The third kappa shape index (κ3) is 5.61. The van der Waals surface area contributed by atoms with Gasteiger partial charge < -0.3 is 14.5 Å². The summed E-state index contributed by atoms with van der Waals surface area (Å²) in [5, 5.41) is 1.12. The Bertz CT molecular complexity index is 683. The van der Waals surface area contributed by atoms with Gasteiger partial charge in [-0.1, -0.05) is 35.3 Å². The molecule has 1 saturated heterocycles. The molecule has 3 rings (SSSR count). The average Bonchev–Trinajstić information content (AvgIpc) is 2.61. The molecule has 2 aromatic rings. The minimum atomic E-state index is 0.517. The van der Waals surface area contributed by atoms with Gasteiger partial charge in [0.25, 0.3) is 0 Å². The molecule has 0 saturated carbocycles. The van der Waals surface area contributed by atoms with Crippen LogP contribution in [0.25, 0.3) is 0 Å². The third-order valence-electron chi connectivity index (χ3n) is 4.58. The van der Waals surface area contributed by atoms with Crippen LogP contribution < -0.4 is 4.74 Å². The molecule has 3 nitrogen and oxygen atoms in total. The predicted octanol–water partition coefficient (Wildman–Crippen LogP) is 4.97. The second-order valence-electron chi connectivity index (χ2n) is 6.57. The van der Waals surface area contributed by atoms with Crippen LogP contribution in [0.3, 0.4) is 0 Å². The van der Waals surface area contributed by atoms with Gasteiger partial charge in [-0.15, -0.1) is 0 Å². The Morgan fingerprint density at radius 3 is 2.36 bits per heavy atom. The number of aryl methyl sites for hydroxylation is 1. The van der Waals surface area contributed by atoms with Crippen molar-refractivity contribution >= 4 is 23.2 Å². The second kappa shape index (κ2) is 8.91. The lowest BCUT2D eigenvalue weighted by molar-refractivity contribution is 0.153. The number of benzene rings is 2. The Morgan fingerprint density at radius 2 is 1.68 bits per heavy atom. The SMILES string of the molecule is CN1CCN(CCCc2ccc(Oc3ccc(Cl)cc3Cl)cc2)CC1. The summed E-state index contributed by atoms with van der Waals surface area (Å²) >= 11 is 12.1. The number of hydrogen-bond acceptors (Lipinski definition) is 3. The number of nitrogens with zero attached hydrogens (tertiary/aromatic N) is 2. The molecule has 0 atom stereocenters. The van der Waals surface area contributed by atoms with Crippen molar-refractivity contribution in [2.24, 2.45) is 0 Å². The summed E-state index contributed by atoms with van der Waals surface area (Å²) < 4.78 is 5.83. The first-order valence-corrected chi connectivity index (χ1v) is 9.48. The van der Waals surface area contributed by atoms with E-state index in [1.165, 1.54) is 44.7 Å². The molecule has 1 fully saturated rings. The monoisotopic (exact) mass is 378 g/mol. The Morgan fingerprint density at radius 1 is 0.960 bits per heavy atom. The van der Waals surface area contributed by atoms with Gasteiger partial charge in [0.05, 0.1) is 5.02 Å². The van der Waals surface area contributed by atoms with Crippen molar-refractivity contribution in [1.29, 1.82) is 0 Å². The molecule has 0 bridgehead atoms. The molecule has 0 aromatic heterocycles. The Hall–Kier alpha value is -1.26. The molecule has 0 spiro atoms. The van der Waals surface area contributed by atoms with Crippen LogP contribution in [0, 0.1) is 0 Å². The first-order valence-electron chi connectivity index (χ1n) is 8.73. The number of likely N-dealkylation sites (N-methyl/N-ethyl adjacent to an activating group) is 1. The lowest BCUT2D eigenvalue weighted by atomic mass is 10.1. The standard InChI is InChI=1S/C20H24Cl2N2O/c1-23-11-13-24(14-12-23)10-2-3-16-4-7-18(8-5-16)25-20-9-6-17(21)15-19(20)22/h4-9,15H,2-3,10-14H2,1H3. The van der Waals surface area contributed by atoms with Crippen molar-refractivity contribution in [3.8, 4) is 11.5 Å². The molecule has 0 unspecified atom stereocenters. The smallest absolute Gasteiger partial charge is 0.146 e. The van der Waals surface area contributed by atoms with E-state index in [9.17, 15) is 0 Å². The van der Waals surface area contributed by atoms with Crippen LogP contribution in [0.2, 0.25) is 10.0 Å². The maximum Gasteiger partial charge on any atom is 0.146 e. The lowest BCUT2D eigenvalue weighted by Crippen LogP contribution is -2.44. The highest BCUT2D eigenvalue weighted by atomic mass is 35.5. The topological polar surface area (TPSA) is 15.7 Å². The van der Waals surface area contributed by atoms with Crippen LogP contribution in [-0.2, 0) is 6.42 Å². The van der Waals surface area contributed by atoms with Crippen LogP contribution in [0.4, 0.5) is 0 Å². The Labute approximate surface area is 160 Å². The van der Waals surface area contributed by atoms with Crippen LogP contribution in [0.15, 0.2) is 42.5 Å². The highest BCUT2D eigenvalue weighted by Crippen LogP contribution is 2.31. The van der Waals surface area contributed by atoms with E-state index in [0.29, 0.717) is 15.8 Å². The van der Waals surface area contributed by atoms with E-state index in [4.69, 9.17) is 27.9 Å². The fraction of sp³-hybridized carbons (Fsp3) is 0.400. The van der Waals surface area contributed by atoms with Crippen molar-refractivity contribution in [2.75, 3.05) is 39.8 Å². The summed E-state index contributed by atoms with van der Waals surface area (Å²) in [6.07, 6.45) is 2.28. The van der Waals surface area contributed by atoms with Crippen molar-refractivity contribution in [3.63, 3.8) is 0 Å². The van der Waals surface area contributed by atoms with Gasteiger partial charge in [-0.05, 0) is 62.3 Å². The van der Waals surface area contributed by atoms with Gasteiger partial charge in [-0.25, -0.2) is 0 Å². The minimum absolute atomic E-state index is 0.517. The maximum atomic E-state index is 6.14. The molecule has 0 aliphatic carbocycles. The van der Waals surface area contributed by atoms with Crippen molar-refractivity contribution in [3.05, 3.63) is 58.1 Å². The number of hydrogen-bond donors (Lipinski definition) is 0. The summed E-state index contributed by atoms with van der Waals surface area (Å²) in [5.74, 6) is 1.40. The molecule has 1 heterocycles. The van der Waals surface area contributed by atoms with Crippen LogP contribution in [0.5, 0.6) is 11.5 Å². The fourth-order valence-corrected chi connectivity index (χ4v) is 3.43. The normalized spacial score (nSPS) is 16.1. The van der Waals surface area contributed by atoms with Gasteiger partial charge in [0.2, 0.25) is 0 Å². The molecule has 5 heteroatoms. The maximum absolute atomic E-state index is 6.14. The zero-order valence-electron chi connectivity index (χ0n) is 14.5. The van der Waals surface area contributed by atoms with Crippen molar-refractivity contribution in [1.82, 2.24) is 9.80 Å². The summed E-state index contributed by atoms with van der Waals surface area (Å²) in [6, 6.07) is 13.5. The highest BCUT2D eigenvalue weighted by Gasteiger charge is 2.12. The minimum Gasteiger partial charge on any atom is -0.456 e. The van der Waals surface area contributed by atoms with Gasteiger partial charge in [-0.3, -0.25) is 0 Å². The van der Waals surface area contributed by atoms with E-state index in [1.54, 1.807) is 18.2 Å². The molecule has 0 radical (unpaired) electrons. The predicted molar refractivity (Wildman–Crippen MR) is 105 cm³/mol. The summed E-state index contributed by atoms with van der Waals surface area (Å²) in [4.78, 5) is 4.95. The van der Waals surface area contributed by atoms with Crippen molar-refractivity contribution in [2.45, 2.75) is 12.8 Å². The molecule has 0 N–H and O–H groups in total. The first-order chi connectivity index (χ1) is 12.1. The third-order valence-corrected chi connectivity index (χ3v) is 5.11. The Balaban J connectivity index is 1.47. The van der Waals surface area contributed by atoms with E-state index in [1.807, 2.05) is 12.1 Å². The molecule has 1 aliphatic heterocycles. The van der Waals surface area contributed by atoms with Gasteiger partial charge in [0.15, 0.2) is 0 Å². The molecule has 1 aliphatic rings. The molecule has 134 valence electrons. The Kier molecular flexibility index (Phi) is 6.60. The van der Waals surface area contributed by atoms with E-state index in [-0.39, 0.29) is 0 Å². The van der Waals surface area contributed by atoms with Gasteiger partial charge >= 0.3 is 0 Å². The highest BCUT2D eigenvalue weighted by molar-refractivity contribution is 6.35. The molecular formula is C20H24Cl2N2O. The molecule has 25 heavy (non-hydrogen) atoms. The van der Waals surface area contributed by atoms with E-state index in [2.05, 4.69) is 29.0 Å². The molecule has 2 aromatic carbocycles.